The van der Waals surface area contributed by atoms with Gasteiger partial charge in [0.05, 0.1) is 11.1 Å². The fourth-order valence-corrected chi connectivity index (χ4v) is 2.17. The van der Waals surface area contributed by atoms with Gasteiger partial charge in [0.25, 0.3) is 0 Å². The summed E-state index contributed by atoms with van der Waals surface area (Å²) in [5.74, 6) is -1.47. The Morgan fingerprint density at radius 3 is 1.27 bits per heavy atom. The number of para-hydroxylation sites is 2. The third-order valence-electron chi connectivity index (χ3n) is 3.54. The van der Waals surface area contributed by atoms with Gasteiger partial charge in [-0.1, -0.05) is 44.5 Å². The summed E-state index contributed by atoms with van der Waals surface area (Å²) >= 11 is 0. The Morgan fingerprint density at radius 1 is 0.733 bits per heavy atom. The minimum absolute atomic E-state index is 0. The van der Waals surface area contributed by atoms with Crippen LogP contribution in [-0.4, -0.2) is 10.2 Å². The Kier molecular flexibility index (Phi) is 11.2. The smallest absolute Gasteiger partial charge is 0.419 e. The third kappa shape index (κ3) is 9.66. The van der Waals surface area contributed by atoms with Gasteiger partial charge in [-0.15, -0.1) is 0 Å². The standard InChI is InChI=1S/2C7H5F3O.C7H9.Zr/c2*8-7(9,10)5-3-1-2-4-6(5)11;1-6-3-4-7(2)5-6;/h2*1-4,11H;3H,4H2,1-2H3;/q;;-1;. The van der Waals surface area contributed by atoms with Crippen LogP contribution in [0.1, 0.15) is 31.4 Å². The summed E-state index contributed by atoms with van der Waals surface area (Å²) in [4.78, 5) is 0. The quantitative estimate of drug-likeness (QED) is 0.300. The molecule has 0 unspecified atom stereocenters. The van der Waals surface area contributed by atoms with Gasteiger partial charge in [-0.05, 0) is 24.3 Å². The Labute approximate surface area is 189 Å². The molecule has 0 spiro atoms. The monoisotopic (exact) mass is 507 g/mol. The van der Waals surface area contributed by atoms with Gasteiger partial charge in [0.1, 0.15) is 11.5 Å². The molecule has 162 valence electrons. The second-order valence-corrected chi connectivity index (χ2v) is 6.03. The average molecular weight is 509 g/mol. The summed E-state index contributed by atoms with van der Waals surface area (Å²) < 4.78 is 71.3. The molecule has 3 rings (SSSR count). The molecule has 0 aliphatic heterocycles. The molecule has 2 aromatic rings. The predicted octanol–water partition coefficient (Wildman–Crippen LogP) is 6.91. The van der Waals surface area contributed by atoms with Crippen LogP contribution in [0.15, 0.2) is 65.8 Å². The van der Waals surface area contributed by atoms with Crippen LogP contribution in [0, 0.1) is 6.08 Å². The van der Waals surface area contributed by atoms with Crippen LogP contribution in [0.25, 0.3) is 0 Å². The molecule has 0 aromatic heterocycles. The van der Waals surface area contributed by atoms with Crippen molar-refractivity contribution in [3.63, 3.8) is 0 Å². The van der Waals surface area contributed by atoms with E-state index >= 15 is 0 Å². The maximum absolute atomic E-state index is 11.9. The van der Waals surface area contributed by atoms with Gasteiger partial charge >= 0.3 is 12.4 Å². The zero-order valence-corrected chi connectivity index (χ0v) is 18.5. The largest absolute Gasteiger partial charge is 0.507 e. The molecular formula is C21H19F6O2Zr-. The number of aromatic hydroxyl groups is 2. The first-order valence-corrected chi connectivity index (χ1v) is 8.29. The van der Waals surface area contributed by atoms with E-state index in [-0.39, 0.29) is 26.2 Å². The minimum atomic E-state index is -4.47. The van der Waals surface area contributed by atoms with E-state index in [9.17, 15) is 26.3 Å². The number of allylic oxidation sites excluding steroid dienone is 4. The Morgan fingerprint density at radius 2 is 1.10 bits per heavy atom. The Hall–Kier alpha value is -2.02. The molecule has 0 saturated heterocycles. The molecule has 1 aliphatic carbocycles. The maximum atomic E-state index is 11.9. The summed E-state index contributed by atoms with van der Waals surface area (Å²) in [6, 6.07) is 8.79. The number of phenolic OH excluding ortho intramolecular Hbond substituents is 2. The first-order chi connectivity index (χ1) is 13.3. The average Bonchev–Trinajstić information content (AvgIpc) is 2.98. The van der Waals surface area contributed by atoms with E-state index in [1.54, 1.807) is 0 Å². The second kappa shape index (κ2) is 12.0. The zero-order chi connectivity index (χ0) is 22.2. The number of benzene rings is 2. The van der Waals surface area contributed by atoms with Gasteiger partial charge in [-0.3, -0.25) is 6.08 Å². The number of phenols is 2. The van der Waals surface area contributed by atoms with E-state index in [1.165, 1.54) is 35.4 Å². The molecule has 2 aromatic carbocycles. The fourth-order valence-electron chi connectivity index (χ4n) is 2.17. The molecule has 0 fully saturated rings. The van der Waals surface area contributed by atoms with Crippen LogP contribution < -0.4 is 0 Å². The van der Waals surface area contributed by atoms with Crippen LogP contribution in [0.5, 0.6) is 11.5 Å². The van der Waals surface area contributed by atoms with Crippen molar-refractivity contribution in [1.29, 1.82) is 0 Å². The van der Waals surface area contributed by atoms with Crippen LogP contribution in [0.4, 0.5) is 26.3 Å². The number of hydrogen-bond donors (Lipinski definition) is 2. The molecule has 2 N–H and O–H groups in total. The van der Waals surface area contributed by atoms with Gasteiger partial charge in [0.15, 0.2) is 0 Å². The van der Waals surface area contributed by atoms with Crippen molar-refractivity contribution in [2.24, 2.45) is 0 Å². The van der Waals surface area contributed by atoms with Crippen molar-refractivity contribution in [3.05, 3.63) is 83.0 Å². The van der Waals surface area contributed by atoms with Crippen molar-refractivity contribution in [1.82, 2.24) is 0 Å². The topological polar surface area (TPSA) is 40.5 Å². The number of halogens is 6. The molecule has 0 radical (unpaired) electrons. The molecule has 30 heavy (non-hydrogen) atoms. The van der Waals surface area contributed by atoms with Crippen molar-refractivity contribution in [2.45, 2.75) is 32.6 Å². The van der Waals surface area contributed by atoms with Gasteiger partial charge in [0, 0.05) is 26.2 Å². The van der Waals surface area contributed by atoms with Gasteiger partial charge < -0.3 is 10.2 Å². The Balaban J connectivity index is 0.000000424. The van der Waals surface area contributed by atoms with Gasteiger partial charge in [0.2, 0.25) is 0 Å². The van der Waals surface area contributed by atoms with Gasteiger partial charge in [-0.2, -0.15) is 31.9 Å². The molecule has 1 aliphatic rings. The SMILES string of the molecule is CC1=[C-]C(C)=CC1.Oc1ccccc1C(F)(F)F.Oc1ccccc1C(F)(F)F.[Zr]. The predicted molar refractivity (Wildman–Crippen MR) is 97.0 cm³/mol. The molecule has 0 amide bonds. The zero-order valence-electron chi connectivity index (χ0n) is 16.1. The summed E-state index contributed by atoms with van der Waals surface area (Å²) in [5, 5.41) is 17.5. The van der Waals surface area contributed by atoms with E-state index in [4.69, 9.17) is 10.2 Å². The van der Waals surface area contributed by atoms with Crippen LogP contribution in [0.3, 0.4) is 0 Å². The van der Waals surface area contributed by atoms with Crippen molar-refractivity contribution >= 4 is 0 Å². The summed E-state index contributed by atoms with van der Waals surface area (Å²) in [7, 11) is 0. The maximum Gasteiger partial charge on any atom is 0.419 e. The van der Waals surface area contributed by atoms with Crippen LogP contribution in [-0.2, 0) is 38.6 Å². The minimum Gasteiger partial charge on any atom is -0.507 e. The third-order valence-corrected chi connectivity index (χ3v) is 3.54. The van der Waals surface area contributed by atoms with E-state index < -0.39 is 35.0 Å². The molecule has 2 nitrogen and oxygen atoms in total. The summed E-state index contributed by atoms with van der Waals surface area (Å²) in [6.07, 6.45) is -2.43. The second-order valence-electron chi connectivity index (χ2n) is 6.03. The van der Waals surface area contributed by atoms with Crippen molar-refractivity contribution in [2.75, 3.05) is 0 Å². The van der Waals surface area contributed by atoms with E-state index in [2.05, 4.69) is 26.0 Å². The normalized spacial score (nSPS) is 12.9. The molecule has 0 atom stereocenters. The Bertz CT molecular complexity index is 815. The van der Waals surface area contributed by atoms with Crippen molar-refractivity contribution < 1.29 is 62.8 Å². The number of rotatable bonds is 0. The van der Waals surface area contributed by atoms with E-state index in [1.807, 2.05) is 0 Å². The molecular weight excluding hydrogens is 489 g/mol. The number of alkyl halides is 6. The van der Waals surface area contributed by atoms with Crippen LogP contribution >= 0.6 is 0 Å². The van der Waals surface area contributed by atoms with Crippen LogP contribution in [0.2, 0.25) is 0 Å². The van der Waals surface area contributed by atoms with E-state index in [0.717, 1.165) is 30.7 Å². The first kappa shape index (κ1) is 28.0. The molecule has 9 heteroatoms. The first-order valence-electron chi connectivity index (χ1n) is 8.29. The number of hydrogen-bond acceptors (Lipinski definition) is 2. The summed E-state index contributed by atoms with van der Waals surface area (Å²) in [5.41, 5.74) is 0.648. The fraction of sp³-hybridized carbons (Fsp3) is 0.238. The van der Waals surface area contributed by atoms with Gasteiger partial charge in [-0.25, -0.2) is 11.6 Å². The van der Waals surface area contributed by atoms with E-state index in [0.29, 0.717) is 0 Å². The molecule has 0 heterocycles. The molecule has 0 saturated carbocycles. The van der Waals surface area contributed by atoms with Crippen molar-refractivity contribution in [3.8, 4) is 11.5 Å². The summed E-state index contributed by atoms with van der Waals surface area (Å²) in [6.45, 7) is 4.18. The molecule has 0 bridgehead atoms.